The minimum absolute atomic E-state index is 0. The molecule has 8 N–H and O–H groups in total. The van der Waals surface area contributed by atoms with Crippen molar-refractivity contribution in [2.75, 3.05) is 70.1 Å². The SMILES string of the molecule is Cc1c(-c2ccc(OCc3cnnn3COC(=O)C(C)(C)C)cc2)c2c(N)ncnc2n1[C@@H]1CCN(C(=O)/C=C/CN(C)C2CC2)C1.Cc1c(-c2ccc(OCc3cnnn3COC(=O)C(C)(C)C)cc2)c2c(N)ncnc2n1[C@@H]1CCN(C(=O)OC(C)(C)C)C1.Cc1c(-c2ccc(OCc3cnnn3COC(=O)C(C)(C)C)cc2)c2c(N)ncnc2n1[C@@H]1CCNC1.O=CC(F)(F)F.[3H][B].[Na+].[OH-].[U]. The Labute approximate surface area is 845 Å². The number of carbonyl (C=O) groups excluding carboxylic acids is 6. The number of halogens is 3. The second-order valence-corrected chi connectivity index (χ2v) is 37.4. The Morgan fingerprint density at radius 2 is 0.848 bits per heavy atom. The number of fused-ring (bicyclic) bond motifs is 3. The topological polar surface area (TPSA) is 481 Å². The maximum absolute atomic E-state index is 13.0. The maximum Gasteiger partial charge on any atom is 1.00 e. The molecule has 3 aromatic carbocycles. The molecule has 0 spiro atoms. The van der Waals surface area contributed by atoms with E-state index in [4.69, 9.17) is 56.5 Å². The molecule has 12 aromatic rings. The molecule has 728 valence electrons. The monoisotopic (exact) mass is 2140 g/mol. The fourth-order valence-corrected chi connectivity index (χ4v) is 15.9. The van der Waals surface area contributed by atoms with E-state index in [0.29, 0.717) is 90.0 Å². The van der Waals surface area contributed by atoms with Crippen LogP contribution < -0.4 is 66.3 Å². The zero-order valence-corrected chi connectivity index (χ0v) is 86.9. The molecule has 4 fully saturated rings. The van der Waals surface area contributed by atoms with Crippen LogP contribution in [0.1, 0.15) is 167 Å². The summed E-state index contributed by atoms with van der Waals surface area (Å²) in [5.74, 6) is 2.34. The quantitative estimate of drug-likeness (QED) is 0.0136. The molecular formula is C93H118BF3N25NaO14U. The van der Waals surface area contributed by atoms with Gasteiger partial charge in [-0.05, 0) is 204 Å². The molecule has 3 saturated heterocycles. The van der Waals surface area contributed by atoms with Crippen LogP contribution in [0.5, 0.6) is 17.2 Å². The average Bonchev–Trinajstić information content (AvgIpc) is 1.59. The number of nitrogens with one attached hydrogen (secondary N) is 1. The van der Waals surface area contributed by atoms with Crippen molar-refractivity contribution in [1.29, 1.82) is 1.34 Å². The molecule has 2 radical (unpaired) electrons. The van der Waals surface area contributed by atoms with Crippen LogP contribution >= 0.6 is 0 Å². The molecule has 1 aliphatic carbocycles. The van der Waals surface area contributed by atoms with Crippen LogP contribution in [-0.4, -0.2) is 225 Å². The first kappa shape index (κ1) is 108. The second kappa shape index (κ2) is 46.7. The standard InChI is InChI=1S/C34H43N9O4.C31H40N8O5.C26H32N8O3.C2HF3O.BH.Na.H2O.U/c1-22-29(23-8-12-27(13-9-23)46-19-26-17-38-39-42(26)21-47-33(45)34(2,3)4)30-31(35)36-20-37-32(30)43(22)25-14-16-41(18-25)28(44)7-6-15-40(5)24-10-11-24;1-19-24(20-8-10-23(11-9-20)42-16-22-14-35-36-38(22)18-43-28(40)30(2,3)4)25-26(32)33-17-34-27(25)39(19)21-12-13-37(15-21)29(41)44-31(5,6)7;1-16-21(22-23(27)29-14-30-24(22)34(16)18-9-10-28-11-18)17-5-7-20(8-6-17)36-13-19-12-31-32-33(19)15-37-25(35)26(2,3)4;3-2(4,5)1-6;;;;/h6-9,12-13,17,20,24-25H,10-11,14-16,18-19,21H2,1-5H3,(H2,35,36,37);8-11,14,17,21H,12-13,15-16,18H2,1-7H3,(H2,32,33,34);5-8,12,14,18,28H,9-11,13,15H2,1-4H3,(H2,27,29,30);1H;1H;;1H2;/q;;;;;+1;;/p-1/b7-6+;;;;;;;/t25-;21-;18-;;;;;/m111...../s1/i;;;;1T;;;. The van der Waals surface area contributed by atoms with Gasteiger partial charge in [-0.3, -0.25) is 28.9 Å². The third kappa shape index (κ3) is 27.0. The molecule has 3 aliphatic heterocycles. The number of nitrogen functional groups attached to an aromatic ring is 3. The molecular weight excluding hydrogens is 2020 g/mol. The van der Waals surface area contributed by atoms with Gasteiger partial charge in [0, 0.05) is 131 Å². The number of likely N-dealkylation sites (N-methyl/N-ethyl adjacent to an activating group) is 1. The number of hydrogen-bond donors (Lipinski definition) is 4. The van der Waals surface area contributed by atoms with Gasteiger partial charge in [-0.15, -0.1) is 15.3 Å². The average molecular weight is 2140 g/mol. The third-order valence-electron chi connectivity index (χ3n) is 23.0. The Morgan fingerprint density at radius 1 is 0.514 bits per heavy atom. The minimum atomic E-state index is -4.64. The Kier molecular flexibility index (Phi) is 36.6. The Bertz CT molecular complexity index is 6240. The fourth-order valence-electron chi connectivity index (χ4n) is 15.9. The predicted molar refractivity (Wildman–Crippen MR) is 500 cm³/mol. The summed E-state index contributed by atoms with van der Waals surface area (Å²) >= 11 is 0. The molecule has 45 heteroatoms. The zero-order valence-electron chi connectivity index (χ0n) is 81.8. The van der Waals surface area contributed by atoms with Crippen LogP contribution in [0.4, 0.5) is 35.4 Å². The van der Waals surface area contributed by atoms with Crippen LogP contribution in [0.3, 0.4) is 0 Å². The van der Waals surface area contributed by atoms with Crippen LogP contribution in [0, 0.1) is 68.1 Å². The Hall–Kier alpha value is -11.9. The number of ether oxygens (including phenoxy) is 7. The number of nitrogens with zero attached hydrogens (tertiary/aromatic N) is 21. The number of aldehydes is 1. The van der Waals surface area contributed by atoms with Gasteiger partial charge in [0.05, 0.1) is 80.2 Å². The molecule has 0 unspecified atom stereocenters. The molecule has 4 aliphatic rings. The van der Waals surface area contributed by atoms with Gasteiger partial charge in [0.25, 0.3) is 0 Å². The zero-order chi connectivity index (χ0) is 98.5. The summed E-state index contributed by atoms with van der Waals surface area (Å²) in [4.78, 5) is 103. The largest absolute Gasteiger partial charge is 1.00 e. The number of amides is 2. The molecule has 16 rings (SSSR count). The summed E-state index contributed by atoms with van der Waals surface area (Å²) in [6.07, 6.45) is 12.0. The number of nitrogens with two attached hydrogens (primary N) is 3. The van der Waals surface area contributed by atoms with E-state index >= 15 is 0 Å². The van der Waals surface area contributed by atoms with E-state index in [-0.39, 0.29) is 148 Å². The van der Waals surface area contributed by atoms with Gasteiger partial charge >= 0.3 is 59.7 Å². The van der Waals surface area contributed by atoms with Crippen molar-refractivity contribution in [1.82, 2.24) is 109 Å². The van der Waals surface area contributed by atoms with Crippen molar-refractivity contribution in [3.63, 3.8) is 0 Å². The number of aromatic nitrogens is 18. The van der Waals surface area contributed by atoms with Crippen LogP contribution in [0.15, 0.2) is 123 Å². The Morgan fingerprint density at radius 3 is 1.16 bits per heavy atom. The van der Waals surface area contributed by atoms with Gasteiger partial charge in [-0.1, -0.05) is 58.1 Å². The molecule has 1 saturated carbocycles. The van der Waals surface area contributed by atoms with E-state index in [2.05, 4.69) is 114 Å². The second-order valence-electron chi connectivity index (χ2n) is 37.4. The van der Waals surface area contributed by atoms with Crippen LogP contribution in [0.25, 0.3) is 66.5 Å². The molecule has 9 aromatic heterocycles. The molecule has 138 heavy (non-hydrogen) atoms. The van der Waals surface area contributed by atoms with E-state index in [1.807, 2.05) is 111 Å². The van der Waals surface area contributed by atoms with Crippen molar-refractivity contribution < 1.29 is 141 Å². The van der Waals surface area contributed by atoms with E-state index in [1.54, 1.807) is 91.9 Å². The van der Waals surface area contributed by atoms with Crippen molar-refractivity contribution in [2.45, 2.75) is 212 Å². The van der Waals surface area contributed by atoms with Crippen molar-refractivity contribution >= 4 is 95.1 Å². The van der Waals surface area contributed by atoms with E-state index in [9.17, 15) is 37.1 Å². The molecule has 2 amide bonds. The number of carbonyl (C=O) groups is 6. The van der Waals surface area contributed by atoms with Gasteiger partial charge in [0.15, 0.2) is 20.2 Å². The predicted octanol–water partition coefficient (Wildman–Crippen LogP) is 9.19. The van der Waals surface area contributed by atoms with Crippen LogP contribution in [0.2, 0.25) is 0 Å². The number of hydrogen-bond acceptors (Lipinski definition) is 31. The van der Waals surface area contributed by atoms with Gasteiger partial charge in [0.2, 0.25) is 12.2 Å². The number of anilines is 3. The molecule has 0 bridgehead atoms. The van der Waals surface area contributed by atoms with Gasteiger partial charge in [-0.25, -0.2) is 48.7 Å². The number of benzene rings is 3. The third-order valence-corrected chi connectivity index (χ3v) is 23.0. The summed E-state index contributed by atoms with van der Waals surface area (Å²) in [6.45, 7) is 33.6. The van der Waals surface area contributed by atoms with Gasteiger partial charge < -0.3 is 84.7 Å². The Balaban J connectivity index is 0.000000223. The number of esters is 3. The molecule has 3 atom stereocenters. The first-order chi connectivity index (χ1) is 64.5. The van der Waals surface area contributed by atoms with Crippen molar-refractivity contribution in [2.24, 2.45) is 16.2 Å². The summed E-state index contributed by atoms with van der Waals surface area (Å²) in [6, 6.07) is 24.4. The fraction of sp³-hybridized carbons (Fsp3) is 0.462. The summed E-state index contributed by atoms with van der Waals surface area (Å²) in [5, 5.41) is 29.7. The summed E-state index contributed by atoms with van der Waals surface area (Å²) in [7, 11) is 5.86. The van der Waals surface area contributed by atoms with E-state index in [1.165, 1.54) is 45.9 Å². The van der Waals surface area contributed by atoms with Crippen molar-refractivity contribution in [3.05, 3.63) is 157 Å². The molecule has 12 heterocycles. The molecule has 39 nitrogen and oxygen atoms in total. The van der Waals surface area contributed by atoms with Crippen molar-refractivity contribution in [3.8, 4) is 50.6 Å². The normalized spacial score (nSPS) is 15.5. The number of likely N-dealkylation sites (tertiary alicyclic amines) is 2. The minimum Gasteiger partial charge on any atom is -0.870 e. The first-order valence-corrected chi connectivity index (χ1v) is 44.1. The van der Waals surface area contributed by atoms with Gasteiger partial charge in [0.1, 0.15) is 96.0 Å². The first-order valence-electron chi connectivity index (χ1n) is 44.6. The summed E-state index contributed by atoms with van der Waals surface area (Å²) < 4.78 is 87.4. The smallest absolute Gasteiger partial charge is 0.870 e. The van der Waals surface area contributed by atoms with E-state index in [0.717, 1.165) is 122 Å². The number of rotatable bonds is 25. The number of alkyl halides is 3. The maximum atomic E-state index is 13.0. The van der Waals surface area contributed by atoms with Crippen LogP contribution in [-0.2, 0) is 82.9 Å². The summed E-state index contributed by atoms with van der Waals surface area (Å²) in [5.41, 5.74) is 30.2. The van der Waals surface area contributed by atoms with E-state index < -0.39 is 34.3 Å². The van der Waals surface area contributed by atoms with Gasteiger partial charge in [-0.2, -0.15) is 13.2 Å².